The van der Waals surface area contributed by atoms with Gasteiger partial charge in [0.1, 0.15) is 5.82 Å². The highest BCUT2D eigenvalue weighted by atomic mass is 16.1. The molecule has 1 aromatic heterocycles. The fourth-order valence-electron chi connectivity index (χ4n) is 1.89. The number of aryl methyl sites for hydroxylation is 2. The van der Waals surface area contributed by atoms with Crippen molar-refractivity contribution >= 4 is 17.8 Å². The fraction of sp³-hybridized carbons (Fsp3) is 0.333. The number of amides is 1. The first-order valence-corrected chi connectivity index (χ1v) is 6.77. The number of nitrogens with one attached hydrogen (secondary N) is 2. The molecule has 1 amide bonds. The number of aromatic nitrogens is 3. The Balaban J connectivity index is 2.16. The minimum atomic E-state index is -0.210. The van der Waals surface area contributed by atoms with E-state index in [4.69, 9.17) is 0 Å². The number of hydrogen-bond donors (Lipinski definition) is 2. The molecule has 21 heavy (non-hydrogen) atoms. The Morgan fingerprint density at radius 2 is 1.67 bits per heavy atom. The van der Waals surface area contributed by atoms with Crippen molar-refractivity contribution in [2.75, 3.05) is 10.6 Å². The Morgan fingerprint density at radius 3 is 2.29 bits per heavy atom. The Hall–Kier alpha value is -2.50. The second kappa shape index (κ2) is 6.30. The topological polar surface area (TPSA) is 79.8 Å². The number of carbonyl (C=O) groups excluding carboxylic acids is 1. The SMILES string of the molecule is CC(=O)Nc1nc(C)nc(NC(C)c2ccc(C)cc2)n1. The van der Waals surface area contributed by atoms with Gasteiger partial charge in [0.15, 0.2) is 0 Å². The summed E-state index contributed by atoms with van der Waals surface area (Å²) in [5, 5.41) is 5.78. The summed E-state index contributed by atoms with van der Waals surface area (Å²) >= 11 is 0. The van der Waals surface area contributed by atoms with Crippen LogP contribution in [0.15, 0.2) is 24.3 Å². The van der Waals surface area contributed by atoms with E-state index in [1.165, 1.54) is 12.5 Å². The highest BCUT2D eigenvalue weighted by molar-refractivity contribution is 5.86. The molecular formula is C15H19N5O. The molecule has 1 aromatic carbocycles. The van der Waals surface area contributed by atoms with Gasteiger partial charge in [-0.3, -0.25) is 10.1 Å². The molecule has 2 aromatic rings. The second-order valence-corrected chi connectivity index (χ2v) is 4.99. The van der Waals surface area contributed by atoms with Crippen LogP contribution in [0, 0.1) is 13.8 Å². The van der Waals surface area contributed by atoms with Crippen LogP contribution < -0.4 is 10.6 Å². The minimum Gasteiger partial charge on any atom is -0.348 e. The molecule has 110 valence electrons. The van der Waals surface area contributed by atoms with Crippen molar-refractivity contribution in [3.05, 3.63) is 41.2 Å². The van der Waals surface area contributed by atoms with Crippen LogP contribution in [-0.2, 0) is 4.79 Å². The van der Waals surface area contributed by atoms with E-state index in [1.54, 1.807) is 6.92 Å². The molecule has 0 aliphatic heterocycles. The number of rotatable bonds is 4. The van der Waals surface area contributed by atoms with Gasteiger partial charge in [0.05, 0.1) is 6.04 Å². The summed E-state index contributed by atoms with van der Waals surface area (Å²) in [7, 11) is 0. The largest absolute Gasteiger partial charge is 0.348 e. The number of nitrogens with zero attached hydrogens (tertiary/aromatic N) is 3. The number of hydrogen-bond acceptors (Lipinski definition) is 5. The lowest BCUT2D eigenvalue weighted by molar-refractivity contribution is -0.114. The molecule has 0 saturated carbocycles. The van der Waals surface area contributed by atoms with E-state index in [-0.39, 0.29) is 17.9 Å². The molecule has 0 aliphatic carbocycles. The van der Waals surface area contributed by atoms with E-state index >= 15 is 0 Å². The van der Waals surface area contributed by atoms with Crippen LogP contribution in [-0.4, -0.2) is 20.9 Å². The van der Waals surface area contributed by atoms with Gasteiger partial charge in [-0.05, 0) is 26.3 Å². The van der Waals surface area contributed by atoms with Crippen molar-refractivity contribution in [2.45, 2.75) is 33.7 Å². The molecular weight excluding hydrogens is 266 g/mol. The maximum Gasteiger partial charge on any atom is 0.234 e. The smallest absolute Gasteiger partial charge is 0.234 e. The van der Waals surface area contributed by atoms with Crippen molar-refractivity contribution in [2.24, 2.45) is 0 Å². The van der Waals surface area contributed by atoms with Crippen molar-refractivity contribution in [3.8, 4) is 0 Å². The van der Waals surface area contributed by atoms with Crippen LogP contribution in [0.3, 0.4) is 0 Å². The molecule has 2 N–H and O–H groups in total. The third-order valence-electron chi connectivity index (χ3n) is 2.96. The molecule has 0 saturated heterocycles. The van der Waals surface area contributed by atoms with E-state index in [0.717, 1.165) is 5.56 Å². The Kier molecular flexibility index (Phi) is 4.47. The quantitative estimate of drug-likeness (QED) is 0.902. The standard InChI is InChI=1S/C15H19N5O/c1-9-5-7-13(8-6-9)10(2)16-14-17-11(3)18-15(20-14)19-12(4)21/h5-8,10H,1-4H3,(H2,16,17,18,19,20,21). The molecule has 0 radical (unpaired) electrons. The number of carbonyl (C=O) groups is 1. The van der Waals surface area contributed by atoms with Gasteiger partial charge in [0.2, 0.25) is 17.8 Å². The molecule has 6 nitrogen and oxygen atoms in total. The molecule has 0 bridgehead atoms. The summed E-state index contributed by atoms with van der Waals surface area (Å²) in [6, 6.07) is 8.31. The summed E-state index contributed by atoms with van der Waals surface area (Å²) in [4.78, 5) is 23.6. The van der Waals surface area contributed by atoms with Gasteiger partial charge in [-0.1, -0.05) is 29.8 Å². The maximum atomic E-state index is 11.1. The maximum absolute atomic E-state index is 11.1. The lowest BCUT2D eigenvalue weighted by Gasteiger charge is -2.15. The van der Waals surface area contributed by atoms with Gasteiger partial charge >= 0.3 is 0 Å². The molecule has 1 atom stereocenters. The first-order valence-electron chi connectivity index (χ1n) is 6.77. The van der Waals surface area contributed by atoms with Crippen LogP contribution >= 0.6 is 0 Å². The summed E-state index contributed by atoms with van der Waals surface area (Å²) in [5.74, 6) is 1.04. The average molecular weight is 285 g/mol. The van der Waals surface area contributed by atoms with Crippen LogP contribution in [0.25, 0.3) is 0 Å². The zero-order valence-corrected chi connectivity index (χ0v) is 12.6. The minimum absolute atomic E-state index is 0.0533. The summed E-state index contributed by atoms with van der Waals surface area (Å²) in [6.07, 6.45) is 0. The average Bonchev–Trinajstić information content (AvgIpc) is 2.37. The van der Waals surface area contributed by atoms with Crippen molar-refractivity contribution in [1.29, 1.82) is 0 Å². The summed E-state index contributed by atoms with van der Waals surface area (Å²) in [6.45, 7) is 7.26. The summed E-state index contributed by atoms with van der Waals surface area (Å²) in [5.41, 5.74) is 2.36. The van der Waals surface area contributed by atoms with Crippen LogP contribution in [0.5, 0.6) is 0 Å². The van der Waals surface area contributed by atoms with Gasteiger partial charge in [0, 0.05) is 6.92 Å². The van der Waals surface area contributed by atoms with Gasteiger partial charge in [-0.15, -0.1) is 0 Å². The predicted octanol–water partition coefficient (Wildman–Crippen LogP) is 2.62. The Labute approximate surface area is 124 Å². The van der Waals surface area contributed by atoms with Crippen molar-refractivity contribution in [1.82, 2.24) is 15.0 Å². The zero-order chi connectivity index (χ0) is 15.4. The summed E-state index contributed by atoms with van der Waals surface area (Å²) < 4.78 is 0. The molecule has 2 rings (SSSR count). The highest BCUT2D eigenvalue weighted by Gasteiger charge is 2.09. The normalized spacial score (nSPS) is 11.8. The van der Waals surface area contributed by atoms with E-state index in [9.17, 15) is 4.79 Å². The monoisotopic (exact) mass is 285 g/mol. The van der Waals surface area contributed by atoms with Gasteiger partial charge in [-0.25, -0.2) is 0 Å². The molecule has 6 heteroatoms. The first-order chi connectivity index (χ1) is 9.94. The fourth-order valence-corrected chi connectivity index (χ4v) is 1.89. The third-order valence-corrected chi connectivity index (χ3v) is 2.96. The first kappa shape index (κ1) is 14.9. The van der Waals surface area contributed by atoms with Gasteiger partial charge in [-0.2, -0.15) is 15.0 Å². The zero-order valence-electron chi connectivity index (χ0n) is 12.6. The molecule has 1 heterocycles. The number of anilines is 2. The molecule has 0 spiro atoms. The van der Waals surface area contributed by atoms with Crippen molar-refractivity contribution in [3.63, 3.8) is 0 Å². The molecule has 0 fully saturated rings. The van der Waals surface area contributed by atoms with Gasteiger partial charge in [0.25, 0.3) is 0 Å². The molecule has 1 unspecified atom stereocenters. The van der Waals surface area contributed by atoms with E-state index in [0.29, 0.717) is 11.8 Å². The Morgan fingerprint density at radius 1 is 1.05 bits per heavy atom. The van der Waals surface area contributed by atoms with Gasteiger partial charge < -0.3 is 5.32 Å². The van der Waals surface area contributed by atoms with Crippen molar-refractivity contribution < 1.29 is 4.79 Å². The van der Waals surface area contributed by atoms with Crippen LogP contribution in [0.1, 0.15) is 36.8 Å². The van der Waals surface area contributed by atoms with Crippen LogP contribution in [0.2, 0.25) is 0 Å². The van der Waals surface area contributed by atoms with E-state index in [2.05, 4.69) is 56.8 Å². The van der Waals surface area contributed by atoms with Crippen LogP contribution in [0.4, 0.5) is 11.9 Å². The molecule has 0 aliphatic rings. The van der Waals surface area contributed by atoms with E-state index < -0.39 is 0 Å². The van der Waals surface area contributed by atoms with E-state index in [1.807, 2.05) is 6.92 Å². The predicted molar refractivity (Wildman–Crippen MR) is 82.1 cm³/mol. The third kappa shape index (κ3) is 4.24. The lowest BCUT2D eigenvalue weighted by atomic mass is 10.1. The number of benzene rings is 1. The lowest BCUT2D eigenvalue weighted by Crippen LogP contribution is -2.15. The highest BCUT2D eigenvalue weighted by Crippen LogP contribution is 2.18. The second-order valence-electron chi connectivity index (χ2n) is 4.99. The Bertz CT molecular complexity index is 639.